The van der Waals surface area contributed by atoms with Crippen molar-refractivity contribution in [3.05, 3.63) is 64.9 Å². The number of nitrogens with one attached hydrogen (secondary N) is 2. The number of likely N-dealkylation sites (tertiary alicyclic amines) is 1. The maximum absolute atomic E-state index is 13.3. The van der Waals surface area contributed by atoms with Crippen LogP contribution in [0.1, 0.15) is 43.5 Å². The number of carbonyl (C=O) groups is 2. The summed E-state index contributed by atoms with van der Waals surface area (Å²) in [6, 6.07) is 15.3. The molecule has 5 rings (SSSR count). The number of amides is 2. The molecule has 2 aromatic carbocycles. The third-order valence-electron chi connectivity index (χ3n) is 7.63. The van der Waals surface area contributed by atoms with Crippen LogP contribution in [0.15, 0.2) is 53.1 Å². The van der Waals surface area contributed by atoms with Gasteiger partial charge in [-0.25, -0.2) is 0 Å². The zero-order valence-corrected chi connectivity index (χ0v) is 22.7. The molecule has 3 heterocycles. The molecule has 1 saturated heterocycles. The van der Waals surface area contributed by atoms with Gasteiger partial charge < -0.3 is 19.9 Å². The highest BCUT2D eigenvalue weighted by molar-refractivity contribution is 6.30. The Hall–Kier alpha value is -3.43. The number of hydrogen-bond acceptors (Lipinski definition) is 7. The summed E-state index contributed by atoms with van der Waals surface area (Å²) in [6.07, 6.45) is 5.26. The second-order valence-electron chi connectivity index (χ2n) is 10.3. The van der Waals surface area contributed by atoms with Crippen LogP contribution in [0, 0.1) is 5.41 Å². The number of carbonyl (C=O) groups excluding carboxylic acids is 2. The van der Waals surface area contributed by atoms with Crippen molar-refractivity contribution in [2.24, 2.45) is 5.41 Å². The van der Waals surface area contributed by atoms with Gasteiger partial charge in [-0.05, 0) is 81.1 Å². The number of halogens is 1. The van der Waals surface area contributed by atoms with Crippen LogP contribution in [0.4, 0.5) is 0 Å². The van der Waals surface area contributed by atoms with Crippen molar-refractivity contribution in [1.82, 2.24) is 25.7 Å². The van der Waals surface area contributed by atoms with Crippen molar-refractivity contribution < 1.29 is 18.8 Å². The van der Waals surface area contributed by atoms with E-state index >= 15 is 0 Å². The first kappa shape index (κ1) is 27.1. The average Bonchev–Trinajstić information content (AvgIpc) is 3.43. The third-order valence-corrected chi connectivity index (χ3v) is 7.89. The Labute approximate surface area is 233 Å². The molecule has 0 radical (unpaired) electrons. The average molecular weight is 552 g/mol. The van der Waals surface area contributed by atoms with Crippen molar-refractivity contribution >= 4 is 23.4 Å². The molecule has 1 spiro atoms. The normalized spacial score (nSPS) is 18.2. The highest BCUT2D eigenvalue weighted by Crippen LogP contribution is 2.37. The number of fused-ring (bicyclic) bond motifs is 1. The molecule has 10 heteroatoms. The lowest BCUT2D eigenvalue weighted by atomic mass is 9.73. The van der Waals surface area contributed by atoms with E-state index in [1.54, 1.807) is 24.3 Å². The molecule has 2 aliphatic heterocycles. The zero-order valence-electron chi connectivity index (χ0n) is 22.0. The van der Waals surface area contributed by atoms with E-state index in [2.05, 4.69) is 31.7 Å². The maximum Gasteiger partial charge on any atom is 0.257 e. The number of para-hydroxylation sites is 1. The predicted molar refractivity (Wildman–Crippen MR) is 147 cm³/mol. The highest BCUT2D eigenvalue weighted by Gasteiger charge is 2.41. The lowest BCUT2D eigenvalue weighted by Gasteiger charge is -2.40. The zero-order chi connectivity index (χ0) is 27.1. The summed E-state index contributed by atoms with van der Waals surface area (Å²) in [5.74, 6) is 1.70. The molecule has 0 aliphatic carbocycles. The highest BCUT2D eigenvalue weighted by atomic mass is 35.5. The van der Waals surface area contributed by atoms with E-state index in [1.807, 2.05) is 18.2 Å². The lowest BCUT2D eigenvalue weighted by molar-refractivity contribution is -0.135. The minimum atomic E-state index is -0.394. The van der Waals surface area contributed by atoms with E-state index in [1.165, 1.54) is 5.56 Å². The quantitative estimate of drug-likeness (QED) is 0.493. The van der Waals surface area contributed by atoms with Crippen molar-refractivity contribution in [3.8, 4) is 17.2 Å². The smallest absolute Gasteiger partial charge is 0.257 e. The lowest BCUT2D eigenvalue weighted by Crippen LogP contribution is -2.51. The Morgan fingerprint density at radius 2 is 1.87 bits per heavy atom. The van der Waals surface area contributed by atoms with Crippen LogP contribution in [-0.2, 0) is 22.6 Å². The Bertz CT molecular complexity index is 1270. The molecule has 9 nitrogen and oxygen atoms in total. The summed E-state index contributed by atoms with van der Waals surface area (Å²) in [7, 11) is 0. The summed E-state index contributed by atoms with van der Waals surface area (Å²) >= 11 is 5.93. The summed E-state index contributed by atoms with van der Waals surface area (Å²) in [4.78, 5) is 32.4. The topological polar surface area (TPSA) is 110 Å². The van der Waals surface area contributed by atoms with E-state index < -0.39 is 5.41 Å². The second-order valence-corrected chi connectivity index (χ2v) is 10.7. The molecular formula is C29H34ClN5O4. The molecule has 0 bridgehead atoms. The summed E-state index contributed by atoms with van der Waals surface area (Å²) in [6.45, 7) is 2.78. The van der Waals surface area contributed by atoms with Gasteiger partial charge in [0.15, 0.2) is 5.82 Å². The van der Waals surface area contributed by atoms with Gasteiger partial charge in [0.1, 0.15) is 12.4 Å². The first-order valence-electron chi connectivity index (χ1n) is 13.6. The van der Waals surface area contributed by atoms with Gasteiger partial charge in [0.25, 0.3) is 5.89 Å². The van der Waals surface area contributed by atoms with Gasteiger partial charge in [-0.1, -0.05) is 41.4 Å². The van der Waals surface area contributed by atoms with Gasteiger partial charge in [-0.15, -0.1) is 0 Å². The van der Waals surface area contributed by atoms with Crippen molar-refractivity contribution in [3.63, 3.8) is 0 Å². The predicted octanol–water partition coefficient (Wildman–Crippen LogP) is 4.01. The number of aryl methyl sites for hydroxylation is 1. The standard InChI is InChI=1S/C29H34ClN5O4/c30-23-10-8-22(9-11-23)27-33-25(34-39-27)19-32-26(36)20-35-16-13-29(14-17-35)12-4-3-6-21-5-1-2-7-24(21)38-18-15-31-28(29)37/h1-2,5,7-11H,3-4,6,12-20H2,(H,31,37)(H,32,36). The molecule has 3 aromatic rings. The SMILES string of the molecule is O=C(CN1CCC2(CCCCc3ccccc3OCCNC2=O)CC1)NCc1noc(-c2ccc(Cl)cc2)n1. The number of ether oxygens (including phenoxy) is 1. The number of rotatable bonds is 5. The van der Waals surface area contributed by atoms with E-state index in [0.29, 0.717) is 43.0 Å². The fourth-order valence-electron chi connectivity index (χ4n) is 5.34. The van der Waals surface area contributed by atoms with Gasteiger partial charge in [0, 0.05) is 10.6 Å². The van der Waals surface area contributed by atoms with Crippen LogP contribution in [0.3, 0.4) is 0 Å². The first-order valence-corrected chi connectivity index (χ1v) is 14.0. The Balaban J connectivity index is 1.10. The fourth-order valence-corrected chi connectivity index (χ4v) is 5.47. The molecule has 0 atom stereocenters. The van der Waals surface area contributed by atoms with E-state index in [0.717, 1.165) is 49.8 Å². The Kier molecular flexibility index (Phi) is 8.78. The van der Waals surface area contributed by atoms with Crippen LogP contribution < -0.4 is 15.4 Å². The molecule has 2 aliphatic rings. The Morgan fingerprint density at radius 1 is 1.08 bits per heavy atom. The fraction of sp³-hybridized carbons (Fsp3) is 0.448. The molecule has 206 valence electrons. The van der Waals surface area contributed by atoms with Crippen LogP contribution in [0.2, 0.25) is 5.02 Å². The molecular weight excluding hydrogens is 518 g/mol. The molecule has 1 fully saturated rings. The van der Waals surface area contributed by atoms with Crippen molar-refractivity contribution in [2.45, 2.75) is 45.1 Å². The van der Waals surface area contributed by atoms with Crippen LogP contribution in [-0.4, -0.2) is 59.6 Å². The molecule has 0 saturated carbocycles. The third kappa shape index (κ3) is 6.96. The number of aromatic nitrogens is 2. The minimum absolute atomic E-state index is 0.109. The molecule has 39 heavy (non-hydrogen) atoms. The van der Waals surface area contributed by atoms with Crippen LogP contribution >= 0.6 is 11.6 Å². The second kappa shape index (κ2) is 12.6. The summed E-state index contributed by atoms with van der Waals surface area (Å²) in [5.41, 5.74) is 1.59. The summed E-state index contributed by atoms with van der Waals surface area (Å²) in [5, 5.41) is 10.6. The Morgan fingerprint density at radius 3 is 2.69 bits per heavy atom. The number of benzene rings is 2. The van der Waals surface area contributed by atoms with Crippen LogP contribution in [0.25, 0.3) is 11.5 Å². The number of hydrogen-bond donors (Lipinski definition) is 2. The molecule has 1 aromatic heterocycles. The number of piperidine rings is 1. The van der Waals surface area contributed by atoms with Gasteiger partial charge in [-0.3, -0.25) is 14.5 Å². The minimum Gasteiger partial charge on any atom is -0.491 e. The monoisotopic (exact) mass is 551 g/mol. The van der Waals surface area contributed by atoms with Gasteiger partial charge in [0.05, 0.1) is 25.0 Å². The number of nitrogens with zero attached hydrogens (tertiary/aromatic N) is 3. The van der Waals surface area contributed by atoms with E-state index in [4.69, 9.17) is 20.9 Å². The largest absolute Gasteiger partial charge is 0.491 e. The van der Waals surface area contributed by atoms with E-state index in [-0.39, 0.29) is 24.9 Å². The maximum atomic E-state index is 13.3. The molecule has 2 N–H and O–H groups in total. The van der Waals surface area contributed by atoms with Crippen LogP contribution in [0.5, 0.6) is 5.75 Å². The van der Waals surface area contributed by atoms with Crippen molar-refractivity contribution in [2.75, 3.05) is 32.8 Å². The van der Waals surface area contributed by atoms with E-state index in [9.17, 15) is 9.59 Å². The van der Waals surface area contributed by atoms with Crippen molar-refractivity contribution in [1.29, 1.82) is 0 Å². The molecule has 2 amide bonds. The van der Waals surface area contributed by atoms with Gasteiger partial charge >= 0.3 is 0 Å². The molecule has 0 unspecified atom stereocenters. The first-order chi connectivity index (χ1) is 19.0. The summed E-state index contributed by atoms with van der Waals surface area (Å²) < 4.78 is 11.2. The van der Waals surface area contributed by atoms with Gasteiger partial charge in [0.2, 0.25) is 11.8 Å². The van der Waals surface area contributed by atoms with Gasteiger partial charge in [-0.2, -0.15) is 4.98 Å².